The second kappa shape index (κ2) is 4.45. The van der Waals surface area contributed by atoms with Gasteiger partial charge in [0, 0.05) is 7.05 Å². The standard InChI is InChI=1S/C14H15FN2/c1-9-12(7-8-13(16)14(9)17-2)10-3-5-11(15)6-4-10/h3-8,17H,16H2,1-2H3. The molecule has 0 aliphatic heterocycles. The Kier molecular flexibility index (Phi) is 3.00. The SMILES string of the molecule is CNc1c(N)ccc(-c2ccc(F)cc2)c1C. The Labute approximate surface area is 100 Å². The van der Waals surface area contributed by atoms with Crippen LogP contribution < -0.4 is 11.1 Å². The van der Waals surface area contributed by atoms with Crippen LogP contribution in [0.15, 0.2) is 36.4 Å². The third kappa shape index (κ3) is 2.09. The Morgan fingerprint density at radius 1 is 1.06 bits per heavy atom. The molecule has 0 unspecified atom stereocenters. The predicted molar refractivity (Wildman–Crippen MR) is 70.5 cm³/mol. The van der Waals surface area contributed by atoms with Crippen molar-refractivity contribution >= 4 is 11.4 Å². The molecule has 0 saturated carbocycles. The van der Waals surface area contributed by atoms with Gasteiger partial charge in [-0.3, -0.25) is 0 Å². The minimum Gasteiger partial charge on any atom is -0.397 e. The smallest absolute Gasteiger partial charge is 0.123 e. The Morgan fingerprint density at radius 3 is 2.29 bits per heavy atom. The van der Waals surface area contributed by atoms with Crippen LogP contribution in [0.3, 0.4) is 0 Å². The highest BCUT2D eigenvalue weighted by Gasteiger charge is 2.08. The molecule has 2 aromatic carbocycles. The average Bonchev–Trinajstić information content (AvgIpc) is 2.31. The lowest BCUT2D eigenvalue weighted by Crippen LogP contribution is -1.99. The molecule has 2 rings (SSSR count). The minimum atomic E-state index is -0.226. The normalized spacial score (nSPS) is 10.3. The summed E-state index contributed by atoms with van der Waals surface area (Å²) in [5.74, 6) is -0.226. The van der Waals surface area contributed by atoms with Crippen LogP contribution in [0, 0.1) is 12.7 Å². The first-order valence-corrected chi connectivity index (χ1v) is 5.46. The lowest BCUT2D eigenvalue weighted by atomic mass is 9.98. The molecule has 17 heavy (non-hydrogen) atoms. The number of rotatable bonds is 2. The number of nitrogens with one attached hydrogen (secondary N) is 1. The van der Waals surface area contributed by atoms with E-state index >= 15 is 0 Å². The molecule has 0 radical (unpaired) electrons. The molecule has 0 fully saturated rings. The minimum absolute atomic E-state index is 0.226. The van der Waals surface area contributed by atoms with E-state index in [2.05, 4.69) is 5.32 Å². The van der Waals surface area contributed by atoms with Crippen LogP contribution in [0.4, 0.5) is 15.8 Å². The van der Waals surface area contributed by atoms with Crippen molar-refractivity contribution in [2.24, 2.45) is 0 Å². The Balaban J connectivity index is 2.56. The van der Waals surface area contributed by atoms with Gasteiger partial charge in [0.1, 0.15) is 5.82 Å². The zero-order valence-corrected chi connectivity index (χ0v) is 9.92. The lowest BCUT2D eigenvalue weighted by Gasteiger charge is -2.13. The molecule has 0 saturated heterocycles. The maximum Gasteiger partial charge on any atom is 0.123 e. The summed E-state index contributed by atoms with van der Waals surface area (Å²) in [5, 5.41) is 3.09. The number of halogens is 1. The van der Waals surface area contributed by atoms with Gasteiger partial charge < -0.3 is 11.1 Å². The van der Waals surface area contributed by atoms with Gasteiger partial charge in [-0.1, -0.05) is 18.2 Å². The van der Waals surface area contributed by atoms with Crippen LogP contribution in [-0.2, 0) is 0 Å². The van der Waals surface area contributed by atoms with Crippen molar-refractivity contribution in [1.29, 1.82) is 0 Å². The van der Waals surface area contributed by atoms with Crippen LogP contribution in [-0.4, -0.2) is 7.05 Å². The summed E-state index contributed by atoms with van der Waals surface area (Å²) in [6.45, 7) is 2.00. The van der Waals surface area contributed by atoms with E-state index in [0.29, 0.717) is 0 Å². The van der Waals surface area contributed by atoms with Crippen molar-refractivity contribution in [3.05, 3.63) is 47.8 Å². The Hall–Kier alpha value is -2.03. The molecule has 0 atom stereocenters. The molecular formula is C14H15FN2. The first-order chi connectivity index (χ1) is 8.13. The Bertz CT molecular complexity index is 533. The quantitative estimate of drug-likeness (QED) is 0.776. The van der Waals surface area contributed by atoms with Gasteiger partial charge in [-0.2, -0.15) is 0 Å². The highest BCUT2D eigenvalue weighted by Crippen LogP contribution is 2.32. The summed E-state index contributed by atoms with van der Waals surface area (Å²) in [7, 11) is 1.84. The maximum atomic E-state index is 12.9. The van der Waals surface area contributed by atoms with Gasteiger partial charge in [-0.15, -0.1) is 0 Å². The molecule has 0 heterocycles. The summed E-state index contributed by atoms with van der Waals surface area (Å²) >= 11 is 0. The lowest BCUT2D eigenvalue weighted by molar-refractivity contribution is 0.628. The van der Waals surface area contributed by atoms with Crippen molar-refractivity contribution in [1.82, 2.24) is 0 Å². The van der Waals surface area contributed by atoms with Crippen LogP contribution in [0.2, 0.25) is 0 Å². The van der Waals surface area contributed by atoms with E-state index in [1.807, 2.05) is 26.1 Å². The molecule has 88 valence electrons. The van der Waals surface area contributed by atoms with Crippen molar-refractivity contribution in [3.8, 4) is 11.1 Å². The highest BCUT2D eigenvalue weighted by molar-refractivity contribution is 5.81. The van der Waals surface area contributed by atoms with E-state index in [0.717, 1.165) is 28.1 Å². The fourth-order valence-electron chi connectivity index (χ4n) is 2.01. The number of hydrogen-bond acceptors (Lipinski definition) is 2. The van der Waals surface area contributed by atoms with Gasteiger partial charge in [0.25, 0.3) is 0 Å². The number of benzene rings is 2. The van der Waals surface area contributed by atoms with Gasteiger partial charge >= 0.3 is 0 Å². The number of nitrogen functional groups attached to an aromatic ring is 1. The monoisotopic (exact) mass is 230 g/mol. The highest BCUT2D eigenvalue weighted by atomic mass is 19.1. The fourth-order valence-corrected chi connectivity index (χ4v) is 2.01. The summed E-state index contributed by atoms with van der Waals surface area (Å²) < 4.78 is 12.9. The fraction of sp³-hybridized carbons (Fsp3) is 0.143. The summed E-state index contributed by atoms with van der Waals surface area (Å²) in [5.41, 5.74) is 10.6. The van der Waals surface area contributed by atoms with E-state index in [9.17, 15) is 4.39 Å². The molecule has 0 bridgehead atoms. The van der Waals surface area contributed by atoms with E-state index in [1.165, 1.54) is 12.1 Å². The van der Waals surface area contributed by atoms with Crippen LogP contribution in [0.1, 0.15) is 5.56 Å². The van der Waals surface area contributed by atoms with Crippen molar-refractivity contribution in [2.45, 2.75) is 6.92 Å². The molecule has 2 nitrogen and oxygen atoms in total. The van der Waals surface area contributed by atoms with E-state index in [-0.39, 0.29) is 5.82 Å². The maximum absolute atomic E-state index is 12.9. The molecule has 0 amide bonds. The predicted octanol–water partition coefficient (Wildman–Crippen LogP) is 3.43. The molecule has 2 aromatic rings. The molecule has 0 spiro atoms. The van der Waals surface area contributed by atoms with Crippen LogP contribution >= 0.6 is 0 Å². The summed E-state index contributed by atoms with van der Waals surface area (Å²) in [6, 6.07) is 10.3. The number of nitrogens with two attached hydrogens (primary N) is 1. The van der Waals surface area contributed by atoms with Crippen LogP contribution in [0.5, 0.6) is 0 Å². The van der Waals surface area contributed by atoms with E-state index in [1.54, 1.807) is 12.1 Å². The molecule has 3 heteroatoms. The third-order valence-corrected chi connectivity index (χ3v) is 2.90. The summed E-state index contributed by atoms with van der Waals surface area (Å²) in [6.07, 6.45) is 0. The van der Waals surface area contributed by atoms with Crippen molar-refractivity contribution < 1.29 is 4.39 Å². The first kappa shape index (κ1) is 11.5. The molecule has 3 N–H and O–H groups in total. The van der Waals surface area contributed by atoms with Gasteiger partial charge in [0.05, 0.1) is 11.4 Å². The first-order valence-electron chi connectivity index (χ1n) is 5.46. The van der Waals surface area contributed by atoms with Gasteiger partial charge in [-0.25, -0.2) is 4.39 Å². The second-order valence-corrected chi connectivity index (χ2v) is 3.96. The number of hydrogen-bond donors (Lipinski definition) is 2. The van der Waals surface area contributed by atoms with Crippen LogP contribution in [0.25, 0.3) is 11.1 Å². The van der Waals surface area contributed by atoms with Crippen molar-refractivity contribution in [3.63, 3.8) is 0 Å². The number of anilines is 2. The third-order valence-electron chi connectivity index (χ3n) is 2.90. The molecule has 0 aliphatic rings. The average molecular weight is 230 g/mol. The second-order valence-electron chi connectivity index (χ2n) is 3.96. The van der Waals surface area contributed by atoms with E-state index in [4.69, 9.17) is 5.73 Å². The molecule has 0 aromatic heterocycles. The zero-order valence-electron chi connectivity index (χ0n) is 9.92. The largest absolute Gasteiger partial charge is 0.397 e. The van der Waals surface area contributed by atoms with Gasteiger partial charge in [0.15, 0.2) is 0 Å². The topological polar surface area (TPSA) is 38.0 Å². The van der Waals surface area contributed by atoms with Crippen molar-refractivity contribution in [2.75, 3.05) is 18.1 Å². The Morgan fingerprint density at radius 2 is 1.71 bits per heavy atom. The van der Waals surface area contributed by atoms with Gasteiger partial charge in [0.2, 0.25) is 0 Å². The van der Waals surface area contributed by atoms with E-state index < -0.39 is 0 Å². The zero-order chi connectivity index (χ0) is 12.4. The molecular weight excluding hydrogens is 215 g/mol. The molecule has 0 aliphatic carbocycles. The summed E-state index contributed by atoms with van der Waals surface area (Å²) in [4.78, 5) is 0. The van der Waals surface area contributed by atoms with Gasteiger partial charge in [-0.05, 0) is 41.8 Å².